The molecule has 0 bridgehead atoms. The van der Waals surface area contributed by atoms with Crippen molar-refractivity contribution < 1.29 is 14.3 Å². The van der Waals surface area contributed by atoms with Gasteiger partial charge in [0.15, 0.2) is 0 Å². The van der Waals surface area contributed by atoms with Crippen LogP contribution in [0.25, 0.3) is 11.3 Å². The largest absolute Gasteiger partial charge is 0.444 e. The van der Waals surface area contributed by atoms with Gasteiger partial charge in [0.2, 0.25) is 5.91 Å². The first-order valence-corrected chi connectivity index (χ1v) is 13.5. The molecular weight excluding hydrogens is 490 g/mol. The summed E-state index contributed by atoms with van der Waals surface area (Å²) >= 11 is 0. The van der Waals surface area contributed by atoms with Crippen LogP contribution < -0.4 is 16.4 Å². The van der Waals surface area contributed by atoms with Gasteiger partial charge in [-0.2, -0.15) is 0 Å². The Bertz CT molecular complexity index is 1210. The SMILES string of the molecule is CC(C)(C)OC(=O)N[C@H](CCNC(c1nc(-c2ccccc2)cn1Cc1ccccc1)C(C)(C)C)CC(N)=O. The van der Waals surface area contributed by atoms with E-state index >= 15 is 0 Å². The first-order valence-electron chi connectivity index (χ1n) is 13.5. The number of primary amides is 1. The lowest BCUT2D eigenvalue weighted by Crippen LogP contribution is -2.43. The van der Waals surface area contributed by atoms with Crippen molar-refractivity contribution in [3.63, 3.8) is 0 Å². The molecule has 2 amide bonds. The van der Waals surface area contributed by atoms with Crippen LogP contribution in [-0.2, 0) is 16.1 Å². The summed E-state index contributed by atoms with van der Waals surface area (Å²) in [5, 5.41) is 6.47. The summed E-state index contributed by atoms with van der Waals surface area (Å²) in [7, 11) is 0. The minimum absolute atomic E-state index is 0.0297. The van der Waals surface area contributed by atoms with E-state index in [9.17, 15) is 9.59 Å². The van der Waals surface area contributed by atoms with Gasteiger partial charge in [0.05, 0.1) is 11.7 Å². The van der Waals surface area contributed by atoms with Crippen LogP contribution >= 0.6 is 0 Å². The zero-order chi connectivity index (χ0) is 28.6. The molecule has 3 aromatic rings. The number of rotatable bonds is 11. The third kappa shape index (κ3) is 9.55. The van der Waals surface area contributed by atoms with Crippen LogP contribution in [0.5, 0.6) is 0 Å². The lowest BCUT2D eigenvalue weighted by atomic mass is 9.86. The molecule has 0 aliphatic rings. The van der Waals surface area contributed by atoms with Crippen molar-refractivity contribution >= 4 is 12.0 Å². The molecule has 2 atom stereocenters. The lowest BCUT2D eigenvalue weighted by molar-refractivity contribution is -0.118. The third-order valence-electron chi connectivity index (χ3n) is 6.21. The second kappa shape index (κ2) is 12.9. The van der Waals surface area contributed by atoms with E-state index in [-0.39, 0.29) is 17.9 Å². The fourth-order valence-electron chi connectivity index (χ4n) is 4.44. The van der Waals surface area contributed by atoms with E-state index < -0.39 is 23.6 Å². The Labute approximate surface area is 232 Å². The molecule has 0 saturated heterocycles. The Morgan fingerprint density at radius 3 is 2.15 bits per heavy atom. The van der Waals surface area contributed by atoms with Crippen LogP contribution in [0.2, 0.25) is 0 Å². The average Bonchev–Trinajstić information content (AvgIpc) is 3.23. The van der Waals surface area contributed by atoms with Crippen molar-refractivity contribution in [1.29, 1.82) is 0 Å². The maximum atomic E-state index is 12.4. The van der Waals surface area contributed by atoms with E-state index in [1.165, 1.54) is 5.56 Å². The van der Waals surface area contributed by atoms with Gasteiger partial charge in [-0.15, -0.1) is 0 Å². The molecule has 1 heterocycles. The molecule has 0 fully saturated rings. The minimum atomic E-state index is -0.636. The summed E-state index contributed by atoms with van der Waals surface area (Å²) in [6, 6.07) is 19.9. The normalized spacial score (nSPS) is 13.5. The van der Waals surface area contributed by atoms with Gasteiger partial charge in [0, 0.05) is 30.8 Å². The molecule has 0 aliphatic carbocycles. The van der Waals surface area contributed by atoms with Gasteiger partial charge in [-0.3, -0.25) is 4.79 Å². The van der Waals surface area contributed by atoms with Gasteiger partial charge in [-0.1, -0.05) is 81.4 Å². The number of benzene rings is 2. The molecule has 8 heteroatoms. The number of hydrogen-bond acceptors (Lipinski definition) is 5. The van der Waals surface area contributed by atoms with Crippen LogP contribution in [0.4, 0.5) is 4.79 Å². The fraction of sp³-hybridized carbons (Fsp3) is 0.452. The van der Waals surface area contributed by atoms with Gasteiger partial charge in [-0.25, -0.2) is 9.78 Å². The molecule has 0 saturated carbocycles. The first kappa shape index (κ1) is 29.9. The number of ether oxygens (including phenoxy) is 1. The summed E-state index contributed by atoms with van der Waals surface area (Å²) in [5.74, 6) is 0.450. The monoisotopic (exact) mass is 533 g/mol. The van der Waals surface area contributed by atoms with E-state index in [1.54, 1.807) is 20.8 Å². The van der Waals surface area contributed by atoms with Crippen LogP contribution in [0.1, 0.15) is 71.8 Å². The Balaban J connectivity index is 1.84. The van der Waals surface area contributed by atoms with Crippen molar-refractivity contribution in [2.24, 2.45) is 11.1 Å². The van der Waals surface area contributed by atoms with Crippen molar-refractivity contribution in [1.82, 2.24) is 20.2 Å². The van der Waals surface area contributed by atoms with Crippen molar-refractivity contribution in [2.45, 2.75) is 78.6 Å². The number of imidazole rings is 1. The number of hydrogen-bond donors (Lipinski definition) is 3. The van der Waals surface area contributed by atoms with Crippen molar-refractivity contribution in [2.75, 3.05) is 6.54 Å². The number of nitrogens with one attached hydrogen (secondary N) is 2. The molecule has 8 nitrogen and oxygen atoms in total. The van der Waals surface area contributed by atoms with Crippen LogP contribution in [-0.4, -0.2) is 39.7 Å². The smallest absolute Gasteiger partial charge is 0.407 e. The van der Waals surface area contributed by atoms with Gasteiger partial charge in [-0.05, 0) is 44.7 Å². The number of nitrogens with two attached hydrogens (primary N) is 1. The quantitative estimate of drug-likeness (QED) is 0.304. The van der Waals surface area contributed by atoms with Crippen LogP contribution in [0.15, 0.2) is 66.9 Å². The van der Waals surface area contributed by atoms with Crippen LogP contribution in [0, 0.1) is 5.41 Å². The van der Waals surface area contributed by atoms with Gasteiger partial charge in [0.1, 0.15) is 11.4 Å². The molecule has 4 N–H and O–H groups in total. The Morgan fingerprint density at radius 1 is 0.974 bits per heavy atom. The number of aromatic nitrogens is 2. The summed E-state index contributed by atoms with van der Waals surface area (Å²) in [6.07, 6.45) is 2.08. The van der Waals surface area contributed by atoms with Crippen LogP contribution in [0.3, 0.4) is 0 Å². The molecule has 39 heavy (non-hydrogen) atoms. The molecule has 2 aromatic carbocycles. The maximum absolute atomic E-state index is 12.4. The Hall–Kier alpha value is -3.65. The number of carbonyl (C=O) groups excluding carboxylic acids is 2. The summed E-state index contributed by atoms with van der Waals surface area (Å²) < 4.78 is 7.59. The molecule has 1 aromatic heterocycles. The number of alkyl carbamates (subject to hydrolysis) is 1. The second-order valence-corrected chi connectivity index (χ2v) is 12.0. The van der Waals surface area contributed by atoms with E-state index in [4.69, 9.17) is 15.5 Å². The zero-order valence-electron chi connectivity index (χ0n) is 24.0. The molecule has 1 unspecified atom stereocenters. The molecular formula is C31H43N5O3. The number of amides is 2. The fourth-order valence-corrected chi connectivity index (χ4v) is 4.44. The second-order valence-electron chi connectivity index (χ2n) is 12.0. The highest BCUT2D eigenvalue weighted by Gasteiger charge is 2.31. The lowest BCUT2D eigenvalue weighted by Gasteiger charge is -2.32. The molecule has 210 valence electrons. The van der Waals surface area contributed by atoms with E-state index in [2.05, 4.69) is 66.4 Å². The zero-order valence-corrected chi connectivity index (χ0v) is 24.0. The van der Waals surface area contributed by atoms with Crippen molar-refractivity contribution in [3.05, 3.63) is 78.2 Å². The predicted octanol–water partition coefficient (Wildman–Crippen LogP) is 5.43. The summed E-state index contributed by atoms with van der Waals surface area (Å²) in [4.78, 5) is 29.2. The number of carbonyl (C=O) groups is 2. The molecule has 3 rings (SSSR count). The first-order chi connectivity index (χ1) is 18.3. The topological polar surface area (TPSA) is 111 Å². The van der Waals surface area contributed by atoms with Gasteiger partial charge < -0.3 is 25.7 Å². The molecule has 0 spiro atoms. The van der Waals surface area contributed by atoms with Gasteiger partial charge >= 0.3 is 6.09 Å². The predicted molar refractivity (Wildman–Crippen MR) is 155 cm³/mol. The highest BCUT2D eigenvalue weighted by molar-refractivity contribution is 5.76. The maximum Gasteiger partial charge on any atom is 0.407 e. The van der Waals surface area contributed by atoms with E-state index in [1.807, 2.05) is 36.4 Å². The third-order valence-corrected chi connectivity index (χ3v) is 6.21. The standard InChI is InChI=1S/C31H43N5O3/c1-30(2,3)27(33-18-17-24(19-26(32)37)34-29(38)39-31(4,5)6)28-35-25(23-15-11-8-12-16-23)21-36(28)20-22-13-9-7-10-14-22/h7-16,21,24,27,33H,17-20H2,1-6H3,(H2,32,37)(H,34,38)/t24-,27?/m1/s1. The average molecular weight is 534 g/mol. The van der Waals surface area contributed by atoms with Crippen molar-refractivity contribution in [3.8, 4) is 11.3 Å². The Morgan fingerprint density at radius 2 is 1.59 bits per heavy atom. The molecule has 0 radical (unpaired) electrons. The molecule has 0 aliphatic heterocycles. The minimum Gasteiger partial charge on any atom is -0.444 e. The summed E-state index contributed by atoms with van der Waals surface area (Å²) in [5.41, 5.74) is 7.82. The highest BCUT2D eigenvalue weighted by Crippen LogP contribution is 2.34. The number of nitrogens with zero attached hydrogens (tertiary/aromatic N) is 2. The highest BCUT2D eigenvalue weighted by atomic mass is 16.6. The van der Waals surface area contributed by atoms with E-state index in [0.29, 0.717) is 19.5 Å². The summed E-state index contributed by atoms with van der Waals surface area (Å²) in [6.45, 7) is 13.1. The van der Waals surface area contributed by atoms with Gasteiger partial charge in [0.25, 0.3) is 0 Å². The van der Waals surface area contributed by atoms with E-state index in [0.717, 1.165) is 17.1 Å². The Kier molecular flexibility index (Phi) is 9.92.